The molecule has 2 aliphatic rings. The second-order valence-electron chi connectivity index (χ2n) is 5.29. The lowest BCUT2D eigenvalue weighted by Gasteiger charge is -2.38. The van der Waals surface area contributed by atoms with Crippen LogP contribution in [0.1, 0.15) is 45.4 Å². The van der Waals surface area contributed by atoms with Crippen molar-refractivity contribution < 1.29 is 4.74 Å². The summed E-state index contributed by atoms with van der Waals surface area (Å²) in [7, 11) is 0. The van der Waals surface area contributed by atoms with E-state index in [-0.39, 0.29) is 0 Å². The van der Waals surface area contributed by atoms with Gasteiger partial charge >= 0.3 is 0 Å². The van der Waals surface area contributed by atoms with E-state index >= 15 is 0 Å². The molecular weight excluding hydrogens is 200 g/mol. The Labute approximate surface area is 99.3 Å². The van der Waals surface area contributed by atoms with Crippen LogP contribution in [0.2, 0.25) is 0 Å². The van der Waals surface area contributed by atoms with Gasteiger partial charge in [-0.1, -0.05) is 13.3 Å². The fourth-order valence-electron chi connectivity index (χ4n) is 3.11. The zero-order chi connectivity index (χ0) is 11.4. The summed E-state index contributed by atoms with van der Waals surface area (Å²) in [6.07, 6.45) is 7.91. The van der Waals surface area contributed by atoms with Crippen molar-refractivity contribution in [3.05, 3.63) is 0 Å². The predicted octanol–water partition coefficient (Wildman–Crippen LogP) is 1.76. The number of ether oxygens (including phenoxy) is 1. The van der Waals surface area contributed by atoms with E-state index in [2.05, 4.69) is 11.8 Å². The van der Waals surface area contributed by atoms with E-state index in [1.807, 2.05) is 0 Å². The molecule has 0 bridgehead atoms. The highest BCUT2D eigenvalue weighted by Crippen LogP contribution is 2.26. The maximum Gasteiger partial charge on any atom is 0.0702 e. The minimum atomic E-state index is 0.407. The molecule has 2 rings (SSSR count). The van der Waals surface area contributed by atoms with Crippen LogP contribution in [0.15, 0.2) is 0 Å². The lowest BCUT2D eigenvalue weighted by Crippen LogP contribution is -2.50. The van der Waals surface area contributed by atoms with Crippen LogP contribution in [0.4, 0.5) is 0 Å². The van der Waals surface area contributed by atoms with Crippen molar-refractivity contribution in [3.63, 3.8) is 0 Å². The molecule has 0 radical (unpaired) electrons. The highest BCUT2D eigenvalue weighted by Gasteiger charge is 2.32. The molecule has 2 N–H and O–H groups in total. The molecule has 0 aromatic carbocycles. The first kappa shape index (κ1) is 12.3. The number of hydrogen-bond acceptors (Lipinski definition) is 3. The highest BCUT2D eigenvalue weighted by atomic mass is 16.5. The number of hydrogen-bond donors (Lipinski definition) is 1. The fraction of sp³-hybridized carbons (Fsp3) is 1.00. The highest BCUT2D eigenvalue weighted by molar-refractivity contribution is 4.90. The van der Waals surface area contributed by atoms with Crippen LogP contribution in [0, 0.1) is 0 Å². The number of rotatable bonds is 4. The fourth-order valence-corrected chi connectivity index (χ4v) is 3.11. The van der Waals surface area contributed by atoms with E-state index < -0.39 is 0 Å². The number of likely N-dealkylation sites (tertiary alicyclic amines) is 1. The second-order valence-corrected chi connectivity index (χ2v) is 5.29. The Kier molecular flexibility index (Phi) is 4.62. The second kappa shape index (κ2) is 5.99. The van der Waals surface area contributed by atoms with Crippen LogP contribution in [-0.2, 0) is 4.74 Å². The van der Waals surface area contributed by atoms with Gasteiger partial charge in [0.05, 0.1) is 6.10 Å². The molecule has 1 aliphatic carbocycles. The van der Waals surface area contributed by atoms with Crippen molar-refractivity contribution in [2.24, 2.45) is 5.73 Å². The van der Waals surface area contributed by atoms with Gasteiger partial charge in [0.1, 0.15) is 0 Å². The van der Waals surface area contributed by atoms with Gasteiger partial charge in [0.15, 0.2) is 0 Å². The van der Waals surface area contributed by atoms with Gasteiger partial charge in [0.2, 0.25) is 0 Å². The standard InChI is InChI=1S/C13H26N2O/c1-2-9-16-11-5-4-8-15(10-11)13-7-3-6-12(13)14/h11-13H,2-10,14H2,1H3. The molecule has 0 amide bonds. The van der Waals surface area contributed by atoms with E-state index in [9.17, 15) is 0 Å². The van der Waals surface area contributed by atoms with E-state index in [0.29, 0.717) is 18.2 Å². The van der Waals surface area contributed by atoms with E-state index in [4.69, 9.17) is 10.5 Å². The van der Waals surface area contributed by atoms with Gasteiger partial charge in [-0.3, -0.25) is 4.90 Å². The molecule has 3 unspecified atom stereocenters. The zero-order valence-corrected chi connectivity index (χ0v) is 10.5. The van der Waals surface area contributed by atoms with Crippen molar-refractivity contribution in [3.8, 4) is 0 Å². The summed E-state index contributed by atoms with van der Waals surface area (Å²) in [6, 6.07) is 1.04. The molecule has 3 nitrogen and oxygen atoms in total. The smallest absolute Gasteiger partial charge is 0.0702 e. The Hall–Kier alpha value is -0.120. The average molecular weight is 226 g/mol. The van der Waals surface area contributed by atoms with Crippen molar-refractivity contribution in [1.29, 1.82) is 0 Å². The topological polar surface area (TPSA) is 38.5 Å². The summed E-state index contributed by atoms with van der Waals surface area (Å²) in [4.78, 5) is 2.58. The summed E-state index contributed by atoms with van der Waals surface area (Å²) < 4.78 is 5.87. The maximum atomic E-state index is 6.17. The molecule has 0 aromatic rings. The zero-order valence-electron chi connectivity index (χ0n) is 10.5. The largest absolute Gasteiger partial charge is 0.377 e. The van der Waals surface area contributed by atoms with Crippen molar-refractivity contribution in [2.75, 3.05) is 19.7 Å². The van der Waals surface area contributed by atoms with E-state index in [1.165, 1.54) is 38.6 Å². The minimum Gasteiger partial charge on any atom is -0.377 e. The molecule has 0 aromatic heterocycles. The lowest BCUT2D eigenvalue weighted by atomic mass is 10.0. The van der Waals surface area contributed by atoms with E-state index in [0.717, 1.165) is 19.6 Å². The van der Waals surface area contributed by atoms with Gasteiger partial charge in [-0.05, 0) is 38.6 Å². The Bertz CT molecular complexity index is 210. The molecule has 94 valence electrons. The molecular formula is C13H26N2O. The summed E-state index contributed by atoms with van der Waals surface area (Å²) in [6.45, 7) is 5.42. The predicted molar refractivity (Wildman–Crippen MR) is 66.5 cm³/mol. The molecule has 1 aliphatic heterocycles. The molecule has 1 heterocycles. The molecule has 3 heteroatoms. The Morgan fingerprint density at radius 1 is 1.25 bits per heavy atom. The first-order chi connectivity index (χ1) is 7.81. The van der Waals surface area contributed by atoms with Gasteiger partial charge in [-0.2, -0.15) is 0 Å². The minimum absolute atomic E-state index is 0.407. The molecule has 2 fully saturated rings. The van der Waals surface area contributed by atoms with Crippen LogP contribution in [0.5, 0.6) is 0 Å². The Morgan fingerprint density at radius 3 is 2.81 bits per heavy atom. The summed E-state index contributed by atoms with van der Waals surface area (Å²) in [5.41, 5.74) is 6.17. The SMILES string of the molecule is CCCOC1CCCN(C2CCCC2N)C1. The number of nitrogens with zero attached hydrogens (tertiary/aromatic N) is 1. The van der Waals surface area contributed by atoms with Gasteiger partial charge in [-0.15, -0.1) is 0 Å². The quantitative estimate of drug-likeness (QED) is 0.794. The third-order valence-corrected chi connectivity index (χ3v) is 3.97. The maximum absolute atomic E-state index is 6.17. The summed E-state index contributed by atoms with van der Waals surface area (Å²) >= 11 is 0. The molecule has 0 spiro atoms. The van der Waals surface area contributed by atoms with Crippen LogP contribution in [-0.4, -0.2) is 42.8 Å². The monoisotopic (exact) mass is 226 g/mol. The van der Waals surface area contributed by atoms with Crippen LogP contribution in [0.3, 0.4) is 0 Å². The van der Waals surface area contributed by atoms with Crippen LogP contribution >= 0.6 is 0 Å². The van der Waals surface area contributed by atoms with Gasteiger partial charge in [0.25, 0.3) is 0 Å². The first-order valence-corrected chi connectivity index (χ1v) is 6.92. The normalized spacial score (nSPS) is 36.8. The van der Waals surface area contributed by atoms with Gasteiger partial charge in [0, 0.05) is 25.2 Å². The molecule has 1 saturated carbocycles. The Morgan fingerprint density at radius 2 is 2.12 bits per heavy atom. The van der Waals surface area contributed by atoms with Crippen molar-refractivity contribution in [2.45, 2.75) is 63.6 Å². The first-order valence-electron chi connectivity index (χ1n) is 6.92. The molecule has 1 saturated heterocycles. The van der Waals surface area contributed by atoms with Gasteiger partial charge in [-0.25, -0.2) is 0 Å². The lowest BCUT2D eigenvalue weighted by molar-refractivity contribution is -0.0134. The average Bonchev–Trinajstić information content (AvgIpc) is 2.73. The van der Waals surface area contributed by atoms with Gasteiger partial charge < -0.3 is 10.5 Å². The van der Waals surface area contributed by atoms with E-state index in [1.54, 1.807) is 0 Å². The number of piperidine rings is 1. The van der Waals surface area contributed by atoms with Crippen LogP contribution < -0.4 is 5.73 Å². The van der Waals surface area contributed by atoms with Crippen molar-refractivity contribution in [1.82, 2.24) is 4.90 Å². The molecule has 16 heavy (non-hydrogen) atoms. The van der Waals surface area contributed by atoms with Crippen molar-refractivity contribution >= 4 is 0 Å². The third kappa shape index (κ3) is 2.96. The Balaban J connectivity index is 1.81. The number of nitrogens with two attached hydrogens (primary N) is 1. The summed E-state index contributed by atoms with van der Waals surface area (Å²) in [5.74, 6) is 0. The van der Waals surface area contributed by atoms with Crippen LogP contribution in [0.25, 0.3) is 0 Å². The summed E-state index contributed by atoms with van der Waals surface area (Å²) in [5, 5.41) is 0. The third-order valence-electron chi connectivity index (χ3n) is 3.97. The molecule has 3 atom stereocenters.